The molecule has 0 amide bonds. The lowest BCUT2D eigenvalue weighted by Gasteiger charge is -2.02. The molecule has 4 aromatic rings. The van der Waals surface area contributed by atoms with Gasteiger partial charge in [-0.25, -0.2) is 4.68 Å². The number of aromatic nitrogens is 3. The van der Waals surface area contributed by atoms with E-state index in [9.17, 15) is 4.79 Å². The van der Waals surface area contributed by atoms with Gasteiger partial charge in [0, 0.05) is 35.3 Å². The van der Waals surface area contributed by atoms with Gasteiger partial charge in [0.1, 0.15) is 5.69 Å². The van der Waals surface area contributed by atoms with Gasteiger partial charge in [-0.05, 0) is 67.5 Å². The minimum Gasteiger partial charge on any atom is -0.289 e. The van der Waals surface area contributed by atoms with Crippen molar-refractivity contribution < 1.29 is 4.79 Å². The van der Waals surface area contributed by atoms with Gasteiger partial charge < -0.3 is 0 Å². The van der Waals surface area contributed by atoms with Crippen LogP contribution in [-0.2, 0) is 0 Å². The Morgan fingerprint density at radius 1 is 0.966 bits per heavy atom. The van der Waals surface area contributed by atoms with Gasteiger partial charge in [0.2, 0.25) is 0 Å². The lowest BCUT2D eigenvalue weighted by molar-refractivity contribution is 0.104. The molecule has 4 heteroatoms. The van der Waals surface area contributed by atoms with Crippen molar-refractivity contribution in [1.29, 1.82) is 0 Å². The number of rotatable bonds is 5. The molecule has 142 valence electrons. The van der Waals surface area contributed by atoms with Crippen molar-refractivity contribution in [3.05, 3.63) is 108 Å². The second kappa shape index (κ2) is 8.07. The summed E-state index contributed by atoms with van der Waals surface area (Å²) in [6.45, 7) is 4.05. The third-order valence-electron chi connectivity index (χ3n) is 4.90. The molecule has 0 aliphatic carbocycles. The number of carbonyl (C=O) groups excluding carboxylic acids is 1. The molecule has 0 aliphatic heterocycles. The molecule has 2 aromatic carbocycles. The fraction of sp³-hybridized carbons (Fsp3) is 0.0800. The second-order valence-electron chi connectivity index (χ2n) is 6.95. The molecule has 2 heterocycles. The smallest absolute Gasteiger partial charge is 0.185 e. The highest BCUT2D eigenvalue weighted by atomic mass is 16.1. The summed E-state index contributed by atoms with van der Waals surface area (Å²) in [5, 5.41) is 4.74. The molecule has 0 bridgehead atoms. The maximum atomic E-state index is 12.7. The van der Waals surface area contributed by atoms with Crippen LogP contribution in [0.15, 0.2) is 85.3 Å². The van der Waals surface area contributed by atoms with Crippen LogP contribution in [0.1, 0.15) is 27.0 Å². The molecule has 0 atom stereocenters. The van der Waals surface area contributed by atoms with E-state index in [0.717, 1.165) is 28.1 Å². The standard InChI is InChI=1S/C25H21N3O/c1-18-10-11-20(15-19(18)2)24(29)13-12-22-17-28(23-8-4-3-5-9-23)27-25(22)21-7-6-14-26-16-21/h3-17H,1-2H3/b13-12+. The van der Waals surface area contributed by atoms with Crippen LogP contribution >= 0.6 is 0 Å². The van der Waals surface area contributed by atoms with E-state index in [4.69, 9.17) is 5.10 Å². The summed E-state index contributed by atoms with van der Waals surface area (Å²) in [5.41, 5.74) is 6.47. The van der Waals surface area contributed by atoms with Gasteiger partial charge in [-0.2, -0.15) is 5.10 Å². The highest BCUT2D eigenvalue weighted by Crippen LogP contribution is 2.24. The van der Waals surface area contributed by atoms with E-state index in [1.165, 1.54) is 5.56 Å². The molecule has 0 radical (unpaired) electrons. The average molecular weight is 379 g/mol. The van der Waals surface area contributed by atoms with Crippen molar-refractivity contribution in [2.75, 3.05) is 0 Å². The number of ketones is 1. The summed E-state index contributed by atoms with van der Waals surface area (Å²) in [6, 6.07) is 19.5. The Hall–Kier alpha value is -3.79. The van der Waals surface area contributed by atoms with Gasteiger partial charge in [0.15, 0.2) is 5.78 Å². The first-order valence-corrected chi connectivity index (χ1v) is 9.47. The van der Waals surface area contributed by atoms with Crippen LogP contribution in [-0.4, -0.2) is 20.5 Å². The predicted molar refractivity (Wildman–Crippen MR) is 116 cm³/mol. The zero-order valence-corrected chi connectivity index (χ0v) is 16.4. The number of pyridine rings is 1. The predicted octanol–water partition coefficient (Wildman–Crippen LogP) is 5.45. The van der Waals surface area contributed by atoms with E-state index in [1.54, 1.807) is 18.5 Å². The van der Waals surface area contributed by atoms with Gasteiger partial charge in [-0.3, -0.25) is 9.78 Å². The fourth-order valence-corrected chi connectivity index (χ4v) is 3.11. The van der Waals surface area contributed by atoms with Crippen molar-refractivity contribution in [2.24, 2.45) is 0 Å². The van der Waals surface area contributed by atoms with Gasteiger partial charge in [-0.15, -0.1) is 0 Å². The maximum absolute atomic E-state index is 12.7. The molecule has 4 nitrogen and oxygen atoms in total. The van der Waals surface area contributed by atoms with Gasteiger partial charge in [0.25, 0.3) is 0 Å². The summed E-state index contributed by atoms with van der Waals surface area (Å²) in [6.07, 6.45) is 8.88. The van der Waals surface area contributed by atoms with Crippen LogP contribution in [0, 0.1) is 13.8 Å². The first kappa shape index (κ1) is 18.6. The number of benzene rings is 2. The highest BCUT2D eigenvalue weighted by Gasteiger charge is 2.11. The molecular weight excluding hydrogens is 358 g/mol. The van der Waals surface area contributed by atoms with E-state index in [0.29, 0.717) is 5.56 Å². The quantitative estimate of drug-likeness (QED) is 0.342. The van der Waals surface area contributed by atoms with Gasteiger partial charge in [-0.1, -0.05) is 30.3 Å². The third kappa shape index (κ3) is 4.06. The van der Waals surface area contributed by atoms with E-state index >= 15 is 0 Å². The molecule has 0 spiro atoms. The van der Waals surface area contributed by atoms with Gasteiger partial charge in [0.05, 0.1) is 5.69 Å². The van der Waals surface area contributed by atoms with E-state index in [2.05, 4.69) is 4.98 Å². The molecule has 29 heavy (non-hydrogen) atoms. The van der Waals surface area contributed by atoms with Crippen LogP contribution in [0.3, 0.4) is 0 Å². The number of hydrogen-bond donors (Lipinski definition) is 0. The van der Waals surface area contributed by atoms with E-state index < -0.39 is 0 Å². The summed E-state index contributed by atoms with van der Waals surface area (Å²) < 4.78 is 1.82. The topological polar surface area (TPSA) is 47.8 Å². The van der Waals surface area contributed by atoms with Crippen molar-refractivity contribution in [3.8, 4) is 16.9 Å². The lowest BCUT2D eigenvalue weighted by atomic mass is 10.0. The van der Waals surface area contributed by atoms with Crippen molar-refractivity contribution >= 4 is 11.9 Å². The Morgan fingerprint density at radius 3 is 2.52 bits per heavy atom. The summed E-state index contributed by atoms with van der Waals surface area (Å²) in [5.74, 6) is -0.0299. The summed E-state index contributed by atoms with van der Waals surface area (Å²) in [7, 11) is 0. The third-order valence-corrected chi connectivity index (χ3v) is 4.90. The zero-order chi connectivity index (χ0) is 20.2. The Morgan fingerprint density at radius 2 is 1.79 bits per heavy atom. The number of carbonyl (C=O) groups is 1. The molecular formula is C25H21N3O. The molecule has 0 N–H and O–H groups in total. The fourth-order valence-electron chi connectivity index (χ4n) is 3.11. The number of nitrogens with zero attached hydrogens (tertiary/aromatic N) is 3. The highest BCUT2D eigenvalue weighted by molar-refractivity contribution is 6.07. The van der Waals surface area contributed by atoms with Crippen LogP contribution in [0.4, 0.5) is 0 Å². The first-order chi connectivity index (χ1) is 14.1. The average Bonchev–Trinajstić information content (AvgIpc) is 3.19. The Balaban J connectivity index is 1.72. The molecule has 0 unspecified atom stereocenters. The van der Waals surface area contributed by atoms with E-state index in [1.807, 2.05) is 91.5 Å². The van der Waals surface area contributed by atoms with Crippen LogP contribution in [0.5, 0.6) is 0 Å². The second-order valence-corrected chi connectivity index (χ2v) is 6.95. The molecule has 4 rings (SSSR count). The van der Waals surface area contributed by atoms with Crippen molar-refractivity contribution in [2.45, 2.75) is 13.8 Å². The number of allylic oxidation sites excluding steroid dienone is 1. The van der Waals surface area contributed by atoms with Crippen LogP contribution in [0.2, 0.25) is 0 Å². The van der Waals surface area contributed by atoms with Gasteiger partial charge >= 0.3 is 0 Å². The Labute approximate surface area is 170 Å². The Bertz CT molecular complexity index is 1180. The normalized spacial score (nSPS) is 11.1. The Kier molecular flexibility index (Phi) is 5.16. The zero-order valence-electron chi connectivity index (χ0n) is 16.4. The molecule has 0 saturated heterocycles. The SMILES string of the molecule is Cc1ccc(C(=O)/C=C/c2cn(-c3ccccc3)nc2-c2cccnc2)cc1C. The van der Waals surface area contributed by atoms with Crippen LogP contribution in [0.25, 0.3) is 23.0 Å². The molecule has 0 aliphatic rings. The summed E-state index contributed by atoms with van der Waals surface area (Å²) >= 11 is 0. The van der Waals surface area contributed by atoms with Crippen molar-refractivity contribution in [3.63, 3.8) is 0 Å². The minimum atomic E-state index is -0.0299. The number of aryl methyl sites for hydroxylation is 2. The lowest BCUT2D eigenvalue weighted by Crippen LogP contribution is -1.95. The first-order valence-electron chi connectivity index (χ1n) is 9.47. The molecule has 2 aromatic heterocycles. The monoisotopic (exact) mass is 379 g/mol. The van der Waals surface area contributed by atoms with E-state index in [-0.39, 0.29) is 5.78 Å². The summed E-state index contributed by atoms with van der Waals surface area (Å²) in [4.78, 5) is 16.9. The molecule has 0 fully saturated rings. The molecule has 0 saturated carbocycles. The number of para-hydroxylation sites is 1. The largest absolute Gasteiger partial charge is 0.289 e. The van der Waals surface area contributed by atoms with Crippen molar-refractivity contribution in [1.82, 2.24) is 14.8 Å². The number of hydrogen-bond acceptors (Lipinski definition) is 3. The van der Waals surface area contributed by atoms with Crippen LogP contribution < -0.4 is 0 Å². The maximum Gasteiger partial charge on any atom is 0.185 e. The minimum absolute atomic E-state index is 0.0299.